The number of halogens is 3. The Hall–Kier alpha value is -4.42. The summed E-state index contributed by atoms with van der Waals surface area (Å²) < 4.78 is 38.2. The van der Waals surface area contributed by atoms with Crippen LogP contribution < -0.4 is 19.5 Å². The molecule has 10 nitrogen and oxygen atoms in total. The first-order valence-corrected chi connectivity index (χ1v) is 17.9. The number of nitrogens with zero attached hydrogens (tertiary/aromatic N) is 2. The molecule has 13 heteroatoms. The molecule has 4 heterocycles. The quantitative estimate of drug-likeness (QED) is 0.0885. The lowest BCUT2D eigenvalue weighted by molar-refractivity contribution is -0.605. The molecule has 0 radical (unpaired) electrons. The molecule has 3 aromatic carbocycles. The maximum Gasteiger partial charge on any atom is 0.338 e. The van der Waals surface area contributed by atoms with Gasteiger partial charge < -0.3 is 29.5 Å². The average Bonchev–Trinajstić information content (AvgIpc) is 3.15. The number of carbonyl (C=O) groups excluding carboxylic acids is 2. The zero-order valence-corrected chi connectivity index (χ0v) is 30.4. The Morgan fingerprint density at radius 2 is 1.67 bits per heavy atom. The van der Waals surface area contributed by atoms with Crippen molar-refractivity contribution >= 4 is 35.1 Å². The van der Waals surface area contributed by atoms with Gasteiger partial charge in [0, 0.05) is 30.6 Å². The minimum absolute atomic E-state index is 0.0781. The summed E-state index contributed by atoms with van der Waals surface area (Å²) in [6.07, 6.45) is 3.87. The van der Waals surface area contributed by atoms with E-state index in [4.69, 9.17) is 42.1 Å². The molecule has 2 bridgehead atoms. The predicted molar refractivity (Wildman–Crippen MR) is 193 cm³/mol. The Kier molecular flexibility index (Phi) is 12.2. The number of hydrogen-bond donors (Lipinski definition) is 1. The summed E-state index contributed by atoms with van der Waals surface area (Å²) in [4.78, 5) is 29.3. The Morgan fingerprint density at radius 3 is 2.31 bits per heavy atom. The number of benzene rings is 3. The lowest BCUT2D eigenvalue weighted by Gasteiger charge is -2.44. The maximum absolute atomic E-state index is 14.9. The highest BCUT2D eigenvalue weighted by Crippen LogP contribution is 2.36. The molecule has 3 atom stereocenters. The summed E-state index contributed by atoms with van der Waals surface area (Å²) in [7, 11) is 3.02. The molecule has 1 aromatic heterocycles. The summed E-state index contributed by atoms with van der Waals surface area (Å²) in [5.41, 5.74) is 2.45. The van der Waals surface area contributed by atoms with Crippen molar-refractivity contribution in [1.82, 2.24) is 10.2 Å². The molecule has 7 rings (SSSR count). The van der Waals surface area contributed by atoms with E-state index < -0.39 is 29.9 Å². The van der Waals surface area contributed by atoms with Gasteiger partial charge in [-0.1, -0.05) is 59.6 Å². The standard InChI is InChI=1S/C39H40Cl2FN3O7/c1-49-33-12-11-27(19-35(33)50-2)34(20-29-30(40)21-45(48)22-31(29)41)51-38(46)26-9-7-24(8-10-26)13-16-43-37(28-5-3-4-6-32(28)42)39(47)52-36-23-44-17-14-25(36)15-18-44/h3-12,19,21-22,25,34,36-37,43H,13-18,20,23H2,1-2H3/t34-,36-,37?/m0/s1. The van der Waals surface area contributed by atoms with Gasteiger partial charge >= 0.3 is 11.9 Å². The molecule has 0 spiro atoms. The fourth-order valence-electron chi connectivity index (χ4n) is 6.85. The van der Waals surface area contributed by atoms with Gasteiger partial charge in [-0.2, -0.15) is 4.73 Å². The van der Waals surface area contributed by atoms with Crippen molar-refractivity contribution in [3.8, 4) is 11.5 Å². The molecule has 52 heavy (non-hydrogen) atoms. The van der Waals surface area contributed by atoms with Crippen molar-refractivity contribution in [3.63, 3.8) is 0 Å². The van der Waals surface area contributed by atoms with Gasteiger partial charge in [0.2, 0.25) is 0 Å². The van der Waals surface area contributed by atoms with Crippen molar-refractivity contribution < 1.29 is 37.7 Å². The van der Waals surface area contributed by atoms with Crippen LogP contribution in [0.4, 0.5) is 4.39 Å². The Labute approximate surface area is 311 Å². The second-order valence-corrected chi connectivity index (χ2v) is 13.8. The number of rotatable bonds is 14. The summed E-state index contributed by atoms with van der Waals surface area (Å²) in [6, 6.07) is 17.3. The smallest absolute Gasteiger partial charge is 0.338 e. The summed E-state index contributed by atoms with van der Waals surface area (Å²) in [5, 5.41) is 15.3. The molecule has 3 fully saturated rings. The fourth-order valence-corrected chi connectivity index (χ4v) is 7.45. The first kappa shape index (κ1) is 37.3. The molecule has 4 aromatic rings. The zero-order valence-electron chi connectivity index (χ0n) is 28.9. The largest absolute Gasteiger partial charge is 0.619 e. The van der Waals surface area contributed by atoms with Crippen LogP contribution in [0, 0.1) is 16.9 Å². The van der Waals surface area contributed by atoms with E-state index in [1.54, 1.807) is 60.7 Å². The van der Waals surface area contributed by atoms with E-state index in [9.17, 15) is 19.2 Å². The third-order valence-corrected chi connectivity index (χ3v) is 10.4. The van der Waals surface area contributed by atoms with Crippen molar-refractivity contribution in [3.05, 3.63) is 128 Å². The SMILES string of the molecule is COc1ccc([C@H](Cc2c(Cl)c[n+]([O-])cc2Cl)OC(=O)c2ccc(CCNC(C(=O)O[C@H]3CN4CCC3CC4)c3ccccc3F)cc2)cc1OC. The number of nitrogens with one attached hydrogen (secondary N) is 1. The van der Waals surface area contributed by atoms with E-state index in [0.29, 0.717) is 58.3 Å². The maximum atomic E-state index is 14.9. The Balaban J connectivity index is 1.13. The minimum atomic E-state index is -0.968. The van der Waals surface area contributed by atoms with E-state index in [1.807, 2.05) is 0 Å². The van der Waals surface area contributed by atoms with Crippen LogP contribution >= 0.6 is 23.2 Å². The van der Waals surface area contributed by atoms with Gasteiger partial charge in [-0.05, 0) is 79.7 Å². The van der Waals surface area contributed by atoms with E-state index in [-0.39, 0.29) is 28.1 Å². The van der Waals surface area contributed by atoms with Gasteiger partial charge in [-0.15, -0.1) is 0 Å². The first-order valence-electron chi connectivity index (χ1n) is 17.1. The molecule has 0 amide bonds. The van der Waals surface area contributed by atoms with E-state index in [0.717, 1.165) is 31.5 Å². The Morgan fingerprint density at radius 1 is 0.981 bits per heavy atom. The monoisotopic (exact) mass is 751 g/mol. The van der Waals surface area contributed by atoms with Gasteiger partial charge in [-0.3, -0.25) is 4.90 Å². The number of pyridine rings is 1. The highest BCUT2D eigenvalue weighted by atomic mass is 35.5. The number of carbonyl (C=O) groups is 2. The zero-order chi connectivity index (χ0) is 36.8. The van der Waals surface area contributed by atoms with Crippen LogP contribution in [0.2, 0.25) is 10.0 Å². The summed E-state index contributed by atoms with van der Waals surface area (Å²) in [5.74, 6) is -0.305. The molecule has 3 saturated heterocycles. The van der Waals surface area contributed by atoms with Crippen molar-refractivity contribution in [2.45, 2.75) is 43.9 Å². The number of esters is 2. The van der Waals surface area contributed by atoms with Gasteiger partial charge in [0.05, 0.1) is 19.8 Å². The van der Waals surface area contributed by atoms with E-state index >= 15 is 0 Å². The fraction of sp³-hybridized carbons (Fsp3) is 0.359. The third-order valence-electron chi connectivity index (χ3n) is 9.74. The lowest BCUT2D eigenvalue weighted by atomic mass is 9.86. The van der Waals surface area contributed by atoms with Crippen molar-refractivity contribution in [2.24, 2.45) is 5.92 Å². The number of ether oxygens (including phenoxy) is 4. The minimum Gasteiger partial charge on any atom is -0.619 e. The molecular formula is C39H40Cl2FN3O7. The number of aromatic nitrogens is 1. The van der Waals surface area contributed by atoms with Crippen LogP contribution in [0.3, 0.4) is 0 Å². The second kappa shape index (κ2) is 16.9. The molecule has 1 N–H and O–H groups in total. The summed E-state index contributed by atoms with van der Waals surface area (Å²) in [6.45, 7) is 3.09. The molecule has 3 aliphatic rings. The second-order valence-electron chi connectivity index (χ2n) is 13.0. The molecule has 0 saturated carbocycles. The number of fused-ring (bicyclic) bond motifs is 3. The summed E-state index contributed by atoms with van der Waals surface area (Å²) >= 11 is 12.8. The van der Waals surface area contributed by atoms with Crippen molar-refractivity contribution in [1.29, 1.82) is 0 Å². The molecule has 3 aliphatic heterocycles. The average molecular weight is 753 g/mol. The lowest BCUT2D eigenvalue weighted by Crippen LogP contribution is -2.52. The predicted octanol–water partition coefficient (Wildman–Crippen LogP) is 6.43. The molecule has 1 unspecified atom stereocenters. The topological polar surface area (TPSA) is 113 Å². The normalized spacial score (nSPS) is 19.1. The van der Waals surface area contributed by atoms with Crippen LogP contribution in [0.15, 0.2) is 79.1 Å². The number of hydrogen-bond acceptors (Lipinski definition) is 9. The van der Waals surface area contributed by atoms with Gasteiger partial charge in [0.25, 0.3) is 0 Å². The van der Waals surface area contributed by atoms with Crippen LogP contribution in [-0.2, 0) is 27.1 Å². The van der Waals surface area contributed by atoms with Gasteiger partial charge in [0.1, 0.15) is 34.1 Å². The highest BCUT2D eigenvalue weighted by molar-refractivity contribution is 6.35. The number of piperidine rings is 3. The van der Waals surface area contributed by atoms with Gasteiger partial charge in [-0.25, -0.2) is 14.0 Å². The third kappa shape index (κ3) is 8.78. The van der Waals surface area contributed by atoms with E-state index in [2.05, 4.69) is 10.2 Å². The highest BCUT2D eigenvalue weighted by Gasteiger charge is 2.38. The Bertz CT molecular complexity index is 1870. The van der Waals surface area contributed by atoms with Crippen LogP contribution in [0.25, 0.3) is 0 Å². The van der Waals surface area contributed by atoms with Crippen LogP contribution in [0.5, 0.6) is 11.5 Å². The molecular weight excluding hydrogens is 712 g/mol. The van der Waals surface area contributed by atoms with E-state index in [1.165, 1.54) is 32.7 Å². The van der Waals surface area contributed by atoms with Crippen LogP contribution in [0.1, 0.15) is 57.6 Å². The number of methoxy groups -OCH3 is 2. The van der Waals surface area contributed by atoms with Crippen LogP contribution in [-0.4, -0.2) is 63.3 Å². The van der Waals surface area contributed by atoms with Gasteiger partial charge in [0.15, 0.2) is 23.9 Å². The first-order chi connectivity index (χ1) is 25.1. The molecule has 274 valence electrons. The molecule has 0 aliphatic carbocycles. The van der Waals surface area contributed by atoms with Crippen molar-refractivity contribution in [2.75, 3.05) is 40.4 Å².